The fourth-order valence-electron chi connectivity index (χ4n) is 2.28. The van der Waals surface area contributed by atoms with Gasteiger partial charge in [-0.05, 0) is 38.0 Å². The molecule has 4 nitrogen and oxygen atoms in total. The molecule has 0 aliphatic rings. The number of fused-ring (bicyclic) bond motifs is 1. The molecule has 1 aromatic carbocycles. The summed E-state index contributed by atoms with van der Waals surface area (Å²) in [6.07, 6.45) is 2.42. The Morgan fingerprint density at radius 2 is 2.05 bits per heavy atom. The molecule has 106 valence electrons. The van der Waals surface area contributed by atoms with Gasteiger partial charge in [0.25, 0.3) is 0 Å². The lowest BCUT2D eigenvalue weighted by molar-refractivity contribution is -0.125. The first-order valence-corrected chi connectivity index (χ1v) is 6.95. The van der Waals surface area contributed by atoms with Crippen LogP contribution in [-0.2, 0) is 11.2 Å². The Labute approximate surface area is 119 Å². The highest BCUT2D eigenvalue weighted by Crippen LogP contribution is 2.19. The van der Waals surface area contributed by atoms with Gasteiger partial charge in [0.05, 0.1) is 11.4 Å². The lowest BCUT2D eigenvalue weighted by Gasteiger charge is -2.17. The van der Waals surface area contributed by atoms with E-state index in [2.05, 4.69) is 10.3 Å². The van der Waals surface area contributed by atoms with Gasteiger partial charge in [0.15, 0.2) is 0 Å². The van der Waals surface area contributed by atoms with Gasteiger partial charge in [-0.1, -0.05) is 18.2 Å². The zero-order valence-electron chi connectivity index (χ0n) is 12.0. The number of nitrogens with one attached hydrogen (secondary N) is 1. The predicted octanol–water partition coefficient (Wildman–Crippen LogP) is 1.88. The fourth-order valence-corrected chi connectivity index (χ4v) is 2.28. The van der Waals surface area contributed by atoms with Crippen molar-refractivity contribution in [2.75, 3.05) is 6.54 Å². The molecule has 1 unspecified atom stereocenters. The third-order valence-electron chi connectivity index (χ3n) is 3.29. The van der Waals surface area contributed by atoms with Gasteiger partial charge in [0, 0.05) is 24.2 Å². The SMILES string of the molecule is CC(C)NC(=O)C(CN)Cc1ccnc2ccccc12. The molecule has 0 aliphatic carbocycles. The quantitative estimate of drug-likeness (QED) is 0.872. The Bertz CT molecular complexity index is 590. The van der Waals surface area contributed by atoms with Crippen LogP contribution in [0.15, 0.2) is 36.5 Å². The summed E-state index contributed by atoms with van der Waals surface area (Å²) in [6, 6.07) is 10.1. The number of nitrogens with zero attached hydrogens (tertiary/aromatic N) is 1. The number of carbonyl (C=O) groups is 1. The molecule has 0 aliphatic heterocycles. The smallest absolute Gasteiger partial charge is 0.224 e. The summed E-state index contributed by atoms with van der Waals surface area (Å²) in [5.74, 6) is -0.188. The number of aromatic nitrogens is 1. The summed E-state index contributed by atoms with van der Waals surface area (Å²) in [6.45, 7) is 4.25. The van der Waals surface area contributed by atoms with Crippen LogP contribution in [0.25, 0.3) is 10.9 Å². The van der Waals surface area contributed by atoms with E-state index in [1.807, 2.05) is 44.2 Å². The van der Waals surface area contributed by atoms with Crippen molar-refractivity contribution in [3.8, 4) is 0 Å². The van der Waals surface area contributed by atoms with E-state index in [0.29, 0.717) is 13.0 Å². The molecule has 2 aromatic rings. The van der Waals surface area contributed by atoms with Crippen LogP contribution in [0, 0.1) is 5.92 Å². The topological polar surface area (TPSA) is 68.0 Å². The molecule has 1 atom stereocenters. The van der Waals surface area contributed by atoms with E-state index in [1.165, 1.54) is 0 Å². The van der Waals surface area contributed by atoms with Gasteiger partial charge < -0.3 is 11.1 Å². The number of amides is 1. The second kappa shape index (κ2) is 6.48. The van der Waals surface area contributed by atoms with E-state index >= 15 is 0 Å². The van der Waals surface area contributed by atoms with Crippen LogP contribution in [-0.4, -0.2) is 23.5 Å². The van der Waals surface area contributed by atoms with Crippen molar-refractivity contribution in [1.82, 2.24) is 10.3 Å². The van der Waals surface area contributed by atoms with Gasteiger partial charge in [-0.3, -0.25) is 9.78 Å². The highest BCUT2D eigenvalue weighted by atomic mass is 16.1. The Morgan fingerprint density at radius 1 is 1.30 bits per heavy atom. The van der Waals surface area contributed by atoms with Gasteiger partial charge in [0.1, 0.15) is 0 Å². The monoisotopic (exact) mass is 271 g/mol. The molecule has 0 saturated carbocycles. The largest absolute Gasteiger partial charge is 0.354 e. The Kier molecular flexibility index (Phi) is 4.69. The average molecular weight is 271 g/mol. The van der Waals surface area contributed by atoms with E-state index in [-0.39, 0.29) is 17.9 Å². The van der Waals surface area contributed by atoms with Crippen molar-refractivity contribution in [1.29, 1.82) is 0 Å². The van der Waals surface area contributed by atoms with Crippen LogP contribution in [0.2, 0.25) is 0 Å². The van der Waals surface area contributed by atoms with Crippen molar-refractivity contribution < 1.29 is 4.79 Å². The minimum Gasteiger partial charge on any atom is -0.354 e. The molecular weight excluding hydrogens is 250 g/mol. The summed E-state index contributed by atoms with van der Waals surface area (Å²) < 4.78 is 0. The second-order valence-electron chi connectivity index (χ2n) is 5.29. The van der Waals surface area contributed by atoms with Crippen LogP contribution >= 0.6 is 0 Å². The number of nitrogens with two attached hydrogens (primary N) is 1. The van der Waals surface area contributed by atoms with Gasteiger partial charge in [-0.2, -0.15) is 0 Å². The number of pyridine rings is 1. The van der Waals surface area contributed by atoms with Crippen LogP contribution in [0.4, 0.5) is 0 Å². The molecule has 2 rings (SSSR count). The molecular formula is C16H21N3O. The van der Waals surface area contributed by atoms with Crippen molar-refractivity contribution in [2.45, 2.75) is 26.3 Å². The summed E-state index contributed by atoms with van der Waals surface area (Å²) >= 11 is 0. The Hall–Kier alpha value is -1.94. The van der Waals surface area contributed by atoms with E-state index in [1.54, 1.807) is 6.20 Å². The summed E-state index contributed by atoms with van der Waals surface area (Å²) in [7, 11) is 0. The first-order valence-electron chi connectivity index (χ1n) is 6.95. The second-order valence-corrected chi connectivity index (χ2v) is 5.29. The highest BCUT2D eigenvalue weighted by Gasteiger charge is 2.19. The van der Waals surface area contributed by atoms with Crippen LogP contribution in [0.5, 0.6) is 0 Å². The maximum Gasteiger partial charge on any atom is 0.224 e. The van der Waals surface area contributed by atoms with Crippen LogP contribution < -0.4 is 11.1 Å². The van der Waals surface area contributed by atoms with Gasteiger partial charge in [-0.15, -0.1) is 0 Å². The Balaban J connectivity index is 2.23. The van der Waals surface area contributed by atoms with Gasteiger partial charge in [-0.25, -0.2) is 0 Å². The molecule has 0 saturated heterocycles. The molecule has 1 heterocycles. The average Bonchev–Trinajstić information content (AvgIpc) is 2.44. The van der Waals surface area contributed by atoms with E-state index < -0.39 is 0 Å². The number of carbonyl (C=O) groups excluding carboxylic acids is 1. The summed E-state index contributed by atoms with van der Waals surface area (Å²) in [5, 5.41) is 4.02. The number of para-hydroxylation sites is 1. The zero-order chi connectivity index (χ0) is 14.5. The van der Waals surface area contributed by atoms with Crippen LogP contribution in [0.3, 0.4) is 0 Å². The zero-order valence-corrected chi connectivity index (χ0v) is 12.0. The highest BCUT2D eigenvalue weighted by molar-refractivity contribution is 5.84. The molecule has 1 aromatic heterocycles. The van der Waals surface area contributed by atoms with Crippen molar-refractivity contribution in [2.24, 2.45) is 11.7 Å². The lowest BCUT2D eigenvalue weighted by atomic mass is 9.96. The number of hydrogen-bond donors (Lipinski definition) is 2. The first kappa shape index (κ1) is 14.5. The van der Waals surface area contributed by atoms with Gasteiger partial charge in [0.2, 0.25) is 5.91 Å². The number of benzene rings is 1. The first-order chi connectivity index (χ1) is 9.61. The van der Waals surface area contributed by atoms with Crippen molar-refractivity contribution in [3.05, 3.63) is 42.1 Å². The molecule has 4 heteroatoms. The third-order valence-corrected chi connectivity index (χ3v) is 3.29. The van der Waals surface area contributed by atoms with E-state index in [4.69, 9.17) is 5.73 Å². The van der Waals surface area contributed by atoms with Crippen molar-refractivity contribution >= 4 is 16.8 Å². The maximum atomic E-state index is 12.1. The molecule has 0 radical (unpaired) electrons. The number of rotatable bonds is 5. The van der Waals surface area contributed by atoms with E-state index in [9.17, 15) is 4.79 Å². The predicted molar refractivity (Wildman–Crippen MR) is 81.3 cm³/mol. The lowest BCUT2D eigenvalue weighted by Crippen LogP contribution is -2.39. The third kappa shape index (κ3) is 3.33. The standard InChI is InChI=1S/C16H21N3O/c1-11(2)19-16(20)13(10-17)9-12-7-8-18-15-6-4-3-5-14(12)15/h3-8,11,13H,9-10,17H2,1-2H3,(H,19,20). The molecule has 1 amide bonds. The van der Waals surface area contributed by atoms with Gasteiger partial charge >= 0.3 is 0 Å². The molecule has 3 N–H and O–H groups in total. The summed E-state index contributed by atoms with van der Waals surface area (Å²) in [5.41, 5.74) is 7.83. The minimum atomic E-state index is -0.205. The van der Waals surface area contributed by atoms with Crippen molar-refractivity contribution in [3.63, 3.8) is 0 Å². The Morgan fingerprint density at radius 3 is 2.75 bits per heavy atom. The molecule has 0 spiro atoms. The maximum absolute atomic E-state index is 12.1. The normalized spacial score (nSPS) is 12.6. The molecule has 0 fully saturated rings. The molecule has 0 bridgehead atoms. The minimum absolute atomic E-state index is 0.0170. The number of hydrogen-bond acceptors (Lipinski definition) is 3. The van der Waals surface area contributed by atoms with E-state index in [0.717, 1.165) is 16.5 Å². The van der Waals surface area contributed by atoms with Crippen LogP contribution in [0.1, 0.15) is 19.4 Å². The molecule has 20 heavy (non-hydrogen) atoms. The fraction of sp³-hybridized carbons (Fsp3) is 0.375. The summed E-state index contributed by atoms with van der Waals surface area (Å²) in [4.78, 5) is 16.5.